The molecule has 4 atom stereocenters. The second-order valence-electron chi connectivity index (χ2n) is 8.28. The van der Waals surface area contributed by atoms with Crippen LogP contribution in [0, 0.1) is 40.6 Å². The zero-order chi connectivity index (χ0) is 21.9. The van der Waals surface area contributed by atoms with E-state index in [0.717, 1.165) is 11.3 Å². The Balaban J connectivity index is 1.54. The minimum atomic E-state index is -1.24. The van der Waals surface area contributed by atoms with Crippen molar-refractivity contribution in [2.75, 3.05) is 6.54 Å². The van der Waals surface area contributed by atoms with E-state index in [1.54, 1.807) is 6.07 Å². The molecule has 3 saturated heterocycles. The molecule has 8 heteroatoms. The number of amides is 2. The van der Waals surface area contributed by atoms with Gasteiger partial charge in [-0.15, -0.1) is 0 Å². The summed E-state index contributed by atoms with van der Waals surface area (Å²) in [6.45, 7) is 0.594. The van der Waals surface area contributed by atoms with Gasteiger partial charge < -0.3 is 0 Å². The molecule has 2 aromatic carbocycles. The van der Waals surface area contributed by atoms with Crippen LogP contribution in [0.4, 0.5) is 13.2 Å². The van der Waals surface area contributed by atoms with Gasteiger partial charge in [-0.05, 0) is 43.1 Å². The van der Waals surface area contributed by atoms with Crippen molar-refractivity contribution >= 4 is 11.8 Å². The first-order valence-corrected chi connectivity index (χ1v) is 10.2. The standard InChI is InChI=1S/C23H18F3N3O2/c24-14-6-3-12(4-7-14)11-29-22(30)17-16-2-1-9-28(16)21(18(17)23(29)31)15-8-5-13(10-27)19(25)20(15)26/h3-8,16-18,21H,1-2,9,11H2/t16-,17-,18-,21-/m0/s1. The van der Waals surface area contributed by atoms with Gasteiger partial charge in [0, 0.05) is 11.6 Å². The number of halogens is 3. The molecule has 2 amide bonds. The Kier molecular flexibility index (Phi) is 4.59. The van der Waals surface area contributed by atoms with Crippen molar-refractivity contribution in [2.45, 2.75) is 31.5 Å². The fourth-order valence-electron chi connectivity index (χ4n) is 5.44. The highest BCUT2D eigenvalue weighted by Gasteiger charge is 2.63. The third-order valence-electron chi connectivity index (χ3n) is 6.75. The van der Waals surface area contributed by atoms with E-state index in [2.05, 4.69) is 0 Å². The summed E-state index contributed by atoms with van der Waals surface area (Å²) in [4.78, 5) is 29.7. The quantitative estimate of drug-likeness (QED) is 0.708. The first-order valence-electron chi connectivity index (χ1n) is 10.2. The number of nitriles is 1. The van der Waals surface area contributed by atoms with Gasteiger partial charge in [-0.2, -0.15) is 5.26 Å². The summed E-state index contributed by atoms with van der Waals surface area (Å²) < 4.78 is 42.5. The first kappa shape index (κ1) is 19.8. The Bertz CT molecular complexity index is 1130. The van der Waals surface area contributed by atoms with Crippen LogP contribution in [0.5, 0.6) is 0 Å². The molecule has 0 aromatic heterocycles. The molecular weight excluding hydrogens is 407 g/mol. The number of hydrogen-bond acceptors (Lipinski definition) is 4. The van der Waals surface area contributed by atoms with Crippen molar-refractivity contribution in [3.05, 3.63) is 70.5 Å². The number of fused-ring (bicyclic) bond motifs is 3. The Morgan fingerprint density at radius 1 is 0.968 bits per heavy atom. The Labute approximate surface area is 176 Å². The second kappa shape index (κ2) is 7.20. The molecule has 0 spiro atoms. The lowest BCUT2D eigenvalue weighted by atomic mass is 9.85. The molecular formula is C23H18F3N3O2. The minimum Gasteiger partial charge on any atom is -0.292 e. The van der Waals surface area contributed by atoms with Gasteiger partial charge in [0.2, 0.25) is 11.8 Å². The summed E-state index contributed by atoms with van der Waals surface area (Å²) in [5, 5.41) is 8.97. The average molecular weight is 425 g/mol. The highest BCUT2D eigenvalue weighted by Crippen LogP contribution is 2.53. The topological polar surface area (TPSA) is 64.4 Å². The van der Waals surface area contributed by atoms with E-state index in [-0.39, 0.29) is 24.1 Å². The lowest BCUT2D eigenvalue weighted by molar-refractivity contribution is -0.142. The fraction of sp³-hybridized carbons (Fsp3) is 0.348. The third-order valence-corrected chi connectivity index (χ3v) is 6.75. The summed E-state index contributed by atoms with van der Waals surface area (Å²) in [5.41, 5.74) is 0.208. The van der Waals surface area contributed by atoms with Crippen molar-refractivity contribution in [2.24, 2.45) is 11.8 Å². The lowest BCUT2D eigenvalue weighted by Crippen LogP contribution is -2.39. The lowest BCUT2D eigenvalue weighted by Gasteiger charge is -2.29. The van der Waals surface area contributed by atoms with E-state index in [1.165, 1.54) is 36.4 Å². The molecule has 3 aliphatic heterocycles. The van der Waals surface area contributed by atoms with Crippen LogP contribution in [-0.2, 0) is 16.1 Å². The van der Waals surface area contributed by atoms with Crippen LogP contribution in [0.2, 0.25) is 0 Å². The molecule has 2 aromatic rings. The predicted molar refractivity (Wildman–Crippen MR) is 102 cm³/mol. The predicted octanol–water partition coefficient (Wildman–Crippen LogP) is 3.30. The molecule has 0 aliphatic carbocycles. The number of nitrogens with zero attached hydrogens (tertiary/aromatic N) is 3. The number of likely N-dealkylation sites (tertiary alicyclic amines) is 1. The maximum atomic E-state index is 14.9. The van der Waals surface area contributed by atoms with E-state index in [1.807, 2.05) is 4.90 Å². The molecule has 5 nitrogen and oxygen atoms in total. The number of carbonyl (C=O) groups excluding carboxylic acids is 2. The van der Waals surface area contributed by atoms with Crippen molar-refractivity contribution in [1.82, 2.24) is 9.80 Å². The van der Waals surface area contributed by atoms with E-state index in [4.69, 9.17) is 5.26 Å². The van der Waals surface area contributed by atoms with Crippen LogP contribution in [0.15, 0.2) is 36.4 Å². The van der Waals surface area contributed by atoms with E-state index >= 15 is 0 Å². The summed E-state index contributed by atoms with van der Waals surface area (Å²) in [5.74, 6) is -5.00. The summed E-state index contributed by atoms with van der Waals surface area (Å²) in [6.07, 6.45) is 1.49. The molecule has 0 radical (unpaired) electrons. The van der Waals surface area contributed by atoms with Gasteiger partial charge in [-0.25, -0.2) is 13.2 Å². The molecule has 3 fully saturated rings. The smallest absolute Gasteiger partial charge is 0.235 e. The van der Waals surface area contributed by atoms with Crippen LogP contribution in [-0.4, -0.2) is 34.2 Å². The third kappa shape index (κ3) is 2.87. The Morgan fingerprint density at radius 3 is 2.39 bits per heavy atom. The van der Waals surface area contributed by atoms with Crippen molar-refractivity contribution in [3.8, 4) is 6.07 Å². The van der Waals surface area contributed by atoms with E-state index in [9.17, 15) is 22.8 Å². The monoisotopic (exact) mass is 425 g/mol. The number of hydrogen-bond donors (Lipinski definition) is 0. The van der Waals surface area contributed by atoms with Crippen molar-refractivity contribution in [3.63, 3.8) is 0 Å². The molecule has 3 aliphatic rings. The van der Waals surface area contributed by atoms with Gasteiger partial charge in [0.25, 0.3) is 0 Å². The second-order valence-corrected chi connectivity index (χ2v) is 8.28. The van der Waals surface area contributed by atoms with Gasteiger partial charge in [-0.1, -0.05) is 18.2 Å². The first-order chi connectivity index (χ1) is 14.9. The number of rotatable bonds is 3. The molecule has 3 heterocycles. The van der Waals surface area contributed by atoms with Gasteiger partial charge in [-0.3, -0.25) is 19.4 Å². The highest BCUT2D eigenvalue weighted by atomic mass is 19.2. The van der Waals surface area contributed by atoms with Crippen molar-refractivity contribution < 1.29 is 22.8 Å². The Hall–Kier alpha value is -3.18. The average Bonchev–Trinajstić information content (AvgIpc) is 3.40. The van der Waals surface area contributed by atoms with E-state index in [0.29, 0.717) is 18.5 Å². The normalized spacial score (nSPS) is 27.5. The van der Waals surface area contributed by atoms with Gasteiger partial charge >= 0.3 is 0 Å². The minimum absolute atomic E-state index is 0.000632. The molecule has 158 valence electrons. The Morgan fingerprint density at radius 2 is 1.68 bits per heavy atom. The zero-order valence-corrected chi connectivity index (χ0v) is 16.4. The van der Waals surface area contributed by atoms with E-state index < -0.39 is 46.8 Å². The van der Waals surface area contributed by atoms with Gasteiger partial charge in [0.15, 0.2) is 11.6 Å². The number of imide groups is 1. The molecule has 0 unspecified atom stereocenters. The van der Waals surface area contributed by atoms with Gasteiger partial charge in [0.05, 0.1) is 30.0 Å². The van der Waals surface area contributed by atoms with Crippen molar-refractivity contribution in [1.29, 1.82) is 5.26 Å². The molecule has 31 heavy (non-hydrogen) atoms. The SMILES string of the molecule is N#Cc1ccc([C@H]2[C@H]3C(=O)N(Cc4ccc(F)cc4)C(=O)[C@H]3[C@@H]3CCCN32)c(F)c1F. The van der Waals surface area contributed by atoms with Crippen LogP contribution in [0.3, 0.4) is 0 Å². The highest BCUT2D eigenvalue weighted by molar-refractivity contribution is 6.06. The number of carbonyl (C=O) groups is 2. The zero-order valence-electron chi connectivity index (χ0n) is 16.4. The molecule has 0 N–H and O–H groups in total. The van der Waals surface area contributed by atoms with Crippen LogP contribution >= 0.6 is 0 Å². The molecule has 0 bridgehead atoms. The van der Waals surface area contributed by atoms with Crippen LogP contribution in [0.1, 0.15) is 35.6 Å². The summed E-state index contributed by atoms with van der Waals surface area (Å²) in [7, 11) is 0. The largest absolute Gasteiger partial charge is 0.292 e. The summed E-state index contributed by atoms with van der Waals surface area (Å²) >= 11 is 0. The van der Waals surface area contributed by atoms with Crippen LogP contribution in [0.25, 0.3) is 0 Å². The molecule has 0 saturated carbocycles. The number of benzene rings is 2. The van der Waals surface area contributed by atoms with Gasteiger partial charge in [0.1, 0.15) is 11.9 Å². The molecule has 5 rings (SSSR count). The fourth-order valence-corrected chi connectivity index (χ4v) is 5.44. The maximum Gasteiger partial charge on any atom is 0.235 e. The maximum absolute atomic E-state index is 14.9. The van der Waals surface area contributed by atoms with Crippen LogP contribution < -0.4 is 0 Å². The summed E-state index contributed by atoms with van der Waals surface area (Å²) in [6, 6.07) is 8.74.